The van der Waals surface area contributed by atoms with Crippen LogP contribution >= 0.6 is 0 Å². The highest BCUT2D eigenvalue weighted by Gasteiger charge is 2.30. The van der Waals surface area contributed by atoms with Gasteiger partial charge in [0.15, 0.2) is 0 Å². The van der Waals surface area contributed by atoms with Gasteiger partial charge in [0.05, 0.1) is 5.69 Å². The van der Waals surface area contributed by atoms with Crippen LogP contribution in [-0.2, 0) is 6.61 Å². The van der Waals surface area contributed by atoms with E-state index in [4.69, 9.17) is 4.74 Å². The monoisotopic (exact) mass is 340 g/mol. The Morgan fingerprint density at radius 1 is 1.28 bits per heavy atom. The third-order valence-electron chi connectivity index (χ3n) is 4.50. The van der Waals surface area contributed by atoms with E-state index in [1.807, 2.05) is 44.2 Å². The molecule has 0 spiro atoms. The molecule has 1 saturated carbocycles. The van der Waals surface area contributed by atoms with Crippen LogP contribution in [0, 0.1) is 13.8 Å². The number of nitrogens with one attached hydrogen (secondary N) is 1. The standard InChI is InChI=1S/C20H24N2O3/c1-13-7-10-18(14(2)11-13)25-12-16-5-4-6-17(15-8-9-15)19(16)22(24)20(23)21-3/h4-7,10-11,15,24H,8-9,12H2,1-3H3,(H,21,23). The maximum absolute atomic E-state index is 11.9. The molecule has 0 aromatic heterocycles. The van der Waals surface area contributed by atoms with Crippen LogP contribution in [0.25, 0.3) is 0 Å². The molecule has 0 unspecified atom stereocenters. The van der Waals surface area contributed by atoms with Crippen molar-refractivity contribution in [1.29, 1.82) is 0 Å². The van der Waals surface area contributed by atoms with Crippen LogP contribution in [0.4, 0.5) is 10.5 Å². The van der Waals surface area contributed by atoms with Crippen molar-refractivity contribution in [2.24, 2.45) is 0 Å². The third kappa shape index (κ3) is 3.77. The Bertz CT molecular complexity index is 785. The fraction of sp³-hybridized carbons (Fsp3) is 0.350. The molecule has 0 aliphatic heterocycles. The summed E-state index contributed by atoms with van der Waals surface area (Å²) in [7, 11) is 1.50. The minimum Gasteiger partial charge on any atom is -0.489 e. The number of benzene rings is 2. The van der Waals surface area contributed by atoms with Gasteiger partial charge < -0.3 is 10.1 Å². The second kappa shape index (κ2) is 7.15. The molecular formula is C20H24N2O3. The summed E-state index contributed by atoms with van der Waals surface area (Å²) in [5.41, 5.74) is 4.56. The van der Waals surface area contributed by atoms with Gasteiger partial charge in [-0.15, -0.1) is 0 Å². The maximum atomic E-state index is 11.9. The minimum absolute atomic E-state index is 0.286. The van der Waals surface area contributed by atoms with Gasteiger partial charge in [0.2, 0.25) is 0 Å². The first kappa shape index (κ1) is 17.3. The molecule has 5 heteroatoms. The number of para-hydroxylation sites is 1. The molecule has 0 saturated heterocycles. The van der Waals surface area contributed by atoms with Crippen molar-refractivity contribution < 1.29 is 14.7 Å². The Morgan fingerprint density at radius 3 is 2.68 bits per heavy atom. The van der Waals surface area contributed by atoms with E-state index in [-0.39, 0.29) is 6.61 Å². The Hall–Kier alpha value is -2.53. The molecule has 1 aliphatic carbocycles. The van der Waals surface area contributed by atoms with Crippen molar-refractivity contribution in [2.75, 3.05) is 12.1 Å². The lowest BCUT2D eigenvalue weighted by atomic mass is 10.0. The summed E-state index contributed by atoms with van der Waals surface area (Å²) in [5, 5.41) is 13.5. The number of carbonyl (C=O) groups excluding carboxylic acids is 1. The molecule has 0 bridgehead atoms. The molecule has 2 aromatic carbocycles. The van der Waals surface area contributed by atoms with Gasteiger partial charge in [0.1, 0.15) is 12.4 Å². The van der Waals surface area contributed by atoms with Crippen molar-refractivity contribution in [1.82, 2.24) is 5.32 Å². The van der Waals surface area contributed by atoms with Crippen LogP contribution in [0.5, 0.6) is 5.75 Å². The first-order chi connectivity index (χ1) is 12.0. The predicted molar refractivity (Wildman–Crippen MR) is 97.4 cm³/mol. The van der Waals surface area contributed by atoms with Crippen molar-refractivity contribution >= 4 is 11.7 Å². The first-order valence-electron chi connectivity index (χ1n) is 8.53. The number of urea groups is 1. The molecule has 2 amide bonds. The van der Waals surface area contributed by atoms with Crippen molar-refractivity contribution in [3.8, 4) is 5.75 Å². The number of ether oxygens (including phenoxy) is 1. The fourth-order valence-electron chi connectivity index (χ4n) is 3.03. The van der Waals surface area contributed by atoms with E-state index in [0.29, 0.717) is 16.7 Å². The summed E-state index contributed by atoms with van der Waals surface area (Å²) >= 11 is 0. The topological polar surface area (TPSA) is 61.8 Å². The lowest BCUT2D eigenvalue weighted by molar-refractivity contribution is 0.205. The molecule has 132 valence electrons. The molecule has 0 atom stereocenters. The van der Waals surface area contributed by atoms with E-state index in [2.05, 4.69) is 11.4 Å². The summed E-state index contributed by atoms with van der Waals surface area (Å²) in [4.78, 5) is 11.9. The number of nitrogens with zero attached hydrogens (tertiary/aromatic N) is 1. The highest BCUT2D eigenvalue weighted by atomic mass is 16.5. The fourth-order valence-corrected chi connectivity index (χ4v) is 3.03. The number of rotatable bonds is 5. The van der Waals surface area contributed by atoms with Gasteiger partial charge >= 0.3 is 6.03 Å². The van der Waals surface area contributed by atoms with E-state index >= 15 is 0 Å². The van der Waals surface area contributed by atoms with E-state index < -0.39 is 6.03 Å². The van der Waals surface area contributed by atoms with Gasteiger partial charge in [-0.3, -0.25) is 5.21 Å². The molecule has 2 aromatic rings. The SMILES string of the molecule is CNC(=O)N(O)c1c(COc2ccc(C)cc2C)cccc1C1CC1. The smallest absolute Gasteiger partial charge is 0.345 e. The minimum atomic E-state index is -0.555. The van der Waals surface area contributed by atoms with E-state index in [9.17, 15) is 10.0 Å². The van der Waals surface area contributed by atoms with Gasteiger partial charge in [-0.05, 0) is 49.8 Å². The lowest BCUT2D eigenvalue weighted by Crippen LogP contribution is -2.36. The largest absolute Gasteiger partial charge is 0.489 e. The lowest BCUT2D eigenvalue weighted by Gasteiger charge is -2.22. The van der Waals surface area contributed by atoms with Crippen LogP contribution < -0.4 is 15.1 Å². The van der Waals surface area contributed by atoms with Crippen LogP contribution in [0.15, 0.2) is 36.4 Å². The number of hydroxylamine groups is 1. The van der Waals surface area contributed by atoms with E-state index in [1.54, 1.807) is 0 Å². The molecular weight excluding hydrogens is 316 g/mol. The summed E-state index contributed by atoms with van der Waals surface area (Å²) in [6, 6.07) is 11.3. The summed E-state index contributed by atoms with van der Waals surface area (Å²) in [6.45, 7) is 4.33. The Labute approximate surface area is 148 Å². The zero-order valence-electron chi connectivity index (χ0n) is 14.9. The summed E-state index contributed by atoms with van der Waals surface area (Å²) in [6.07, 6.45) is 2.16. The molecule has 0 radical (unpaired) electrons. The van der Waals surface area contributed by atoms with Gasteiger partial charge in [0.25, 0.3) is 0 Å². The number of carbonyl (C=O) groups is 1. The normalized spacial score (nSPS) is 13.4. The summed E-state index contributed by atoms with van der Waals surface area (Å²) in [5.74, 6) is 1.20. The zero-order valence-corrected chi connectivity index (χ0v) is 14.9. The van der Waals surface area contributed by atoms with Crippen molar-refractivity contribution in [2.45, 2.75) is 39.2 Å². The van der Waals surface area contributed by atoms with Gasteiger partial charge in [-0.2, -0.15) is 5.06 Å². The Kier molecular flexibility index (Phi) is 4.95. The number of aryl methyl sites for hydroxylation is 2. The average Bonchev–Trinajstić information content (AvgIpc) is 3.44. The first-order valence-corrected chi connectivity index (χ1v) is 8.53. The summed E-state index contributed by atoms with van der Waals surface area (Å²) < 4.78 is 5.97. The molecule has 2 N–H and O–H groups in total. The van der Waals surface area contributed by atoms with Crippen LogP contribution in [0.1, 0.15) is 41.0 Å². The molecule has 3 rings (SSSR count). The number of anilines is 1. The second-order valence-corrected chi connectivity index (χ2v) is 6.55. The second-order valence-electron chi connectivity index (χ2n) is 6.55. The molecule has 5 nitrogen and oxygen atoms in total. The highest BCUT2D eigenvalue weighted by Crippen LogP contribution is 2.45. The Balaban J connectivity index is 1.89. The third-order valence-corrected chi connectivity index (χ3v) is 4.50. The molecule has 1 aliphatic rings. The Morgan fingerprint density at radius 2 is 2.04 bits per heavy atom. The molecule has 1 fully saturated rings. The van der Waals surface area contributed by atoms with Gasteiger partial charge in [-0.1, -0.05) is 35.9 Å². The highest BCUT2D eigenvalue weighted by molar-refractivity contribution is 5.91. The molecule has 25 heavy (non-hydrogen) atoms. The average molecular weight is 340 g/mol. The van der Waals surface area contributed by atoms with Crippen LogP contribution in [-0.4, -0.2) is 18.3 Å². The van der Waals surface area contributed by atoms with Crippen LogP contribution in [0.3, 0.4) is 0 Å². The van der Waals surface area contributed by atoms with E-state index in [0.717, 1.165) is 35.3 Å². The van der Waals surface area contributed by atoms with Crippen molar-refractivity contribution in [3.63, 3.8) is 0 Å². The zero-order chi connectivity index (χ0) is 18.0. The number of hydrogen-bond donors (Lipinski definition) is 2. The van der Waals surface area contributed by atoms with Crippen LogP contribution in [0.2, 0.25) is 0 Å². The van der Waals surface area contributed by atoms with E-state index in [1.165, 1.54) is 12.6 Å². The molecule has 0 heterocycles. The van der Waals surface area contributed by atoms with Gasteiger partial charge in [0, 0.05) is 12.6 Å². The van der Waals surface area contributed by atoms with Crippen molar-refractivity contribution in [3.05, 3.63) is 58.7 Å². The number of hydrogen-bond acceptors (Lipinski definition) is 3. The quantitative estimate of drug-likeness (QED) is 0.630. The maximum Gasteiger partial charge on any atom is 0.345 e. The predicted octanol–water partition coefficient (Wildman–Crippen LogP) is 4.29. The van der Waals surface area contributed by atoms with Gasteiger partial charge in [-0.25, -0.2) is 4.79 Å². The number of amides is 2.